The quantitative estimate of drug-likeness (QED) is 0.256. The van der Waals surface area contributed by atoms with Crippen LogP contribution in [0.3, 0.4) is 0 Å². The molecule has 1 nitrogen and oxygen atoms in total. The Bertz CT molecular complexity index is 1470. The maximum absolute atomic E-state index is 2.49. The third-order valence-electron chi connectivity index (χ3n) is 6.70. The summed E-state index contributed by atoms with van der Waals surface area (Å²) >= 11 is 1.93. The monoisotopic (exact) mass is 459 g/mol. The van der Waals surface area contributed by atoms with Crippen molar-refractivity contribution in [2.45, 2.75) is 22.9 Å². The van der Waals surface area contributed by atoms with Crippen LogP contribution in [0.1, 0.15) is 0 Å². The molecule has 33 heavy (non-hydrogen) atoms. The number of fused-ring (bicyclic) bond motifs is 3. The van der Waals surface area contributed by atoms with Gasteiger partial charge in [0.1, 0.15) is 8.07 Å². The van der Waals surface area contributed by atoms with Crippen LogP contribution in [0.5, 0.6) is 0 Å². The molecule has 0 amide bonds. The van der Waals surface area contributed by atoms with Crippen LogP contribution in [0.2, 0.25) is 13.1 Å². The van der Waals surface area contributed by atoms with Gasteiger partial charge in [0.05, 0.1) is 11.4 Å². The van der Waals surface area contributed by atoms with E-state index in [-0.39, 0.29) is 0 Å². The predicted octanol–water partition coefficient (Wildman–Crippen LogP) is 7.60. The molecule has 0 aromatic heterocycles. The SMILES string of the molecule is C[Si]1(C)c2ccccc2Sc2c(N(c3ccccc3)c3cccc4ccccc34)cccc21. The second-order valence-electron chi connectivity index (χ2n) is 9.05. The smallest absolute Gasteiger partial charge is 0.115 e. The molecule has 0 bridgehead atoms. The van der Waals surface area contributed by atoms with Gasteiger partial charge in [-0.3, -0.25) is 0 Å². The summed E-state index contributed by atoms with van der Waals surface area (Å²) in [6.45, 7) is 4.97. The van der Waals surface area contributed by atoms with Gasteiger partial charge in [-0.25, -0.2) is 0 Å². The highest BCUT2D eigenvalue weighted by Gasteiger charge is 2.37. The van der Waals surface area contributed by atoms with E-state index < -0.39 is 8.07 Å². The summed E-state index contributed by atoms with van der Waals surface area (Å²) in [5.74, 6) is 0. The van der Waals surface area contributed by atoms with Crippen molar-refractivity contribution >= 4 is 58.0 Å². The van der Waals surface area contributed by atoms with E-state index in [1.54, 1.807) is 0 Å². The largest absolute Gasteiger partial charge is 0.309 e. The lowest BCUT2D eigenvalue weighted by atomic mass is 10.1. The third kappa shape index (κ3) is 3.31. The minimum Gasteiger partial charge on any atom is -0.309 e. The molecule has 1 heterocycles. The molecule has 0 fully saturated rings. The van der Waals surface area contributed by atoms with Crippen LogP contribution in [0.25, 0.3) is 10.8 Å². The molecule has 1 aliphatic rings. The fourth-order valence-electron chi connectivity index (χ4n) is 5.02. The Morgan fingerprint density at radius 3 is 2.09 bits per heavy atom. The first-order valence-electron chi connectivity index (χ1n) is 11.4. The molecule has 1 aliphatic heterocycles. The van der Waals surface area contributed by atoms with Crippen molar-refractivity contribution in [2.75, 3.05) is 4.90 Å². The molecule has 5 aromatic rings. The van der Waals surface area contributed by atoms with E-state index >= 15 is 0 Å². The molecular formula is C30H25NSSi. The number of anilines is 3. The molecule has 3 heteroatoms. The standard InChI is InChI=1S/C30H25NSSi/c1-33(2)28-20-9-8-19-27(28)32-30-26(18-11-21-29(30)33)31(23-14-4-3-5-15-23)25-17-10-13-22-12-6-7-16-24(22)25/h3-21H,1-2H3. The van der Waals surface area contributed by atoms with E-state index in [1.165, 1.54) is 48.0 Å². The van der Waals surface area contributed by atoms with Crippen molar-refractivity contribution in [1.82, 2.24) is 0 Å². The highest BCUT2D eigenvalue weighted by Crippen LogP contribution is 2.45. The maximum Gasteiger partial charge on any atom is 0.115 e. The van der Waals surface area contributed by atoms with Crippen molar-refractivity contribution < 1.29 is 0 Å². The molecule has 6 rings (SSSR count). The van der Waals surface area contributed by atoms with E-state index in [0.717, 1.165) is 0 Å². The van der Waals surface area contributed by atoms with E-state index in [0.29, 0.717) is 0 Å². The first kappa shape index (κ1) is 20.3. The van der Waals surface area contributed by atoms with Crippen molar-refractivity contribution in [3.8, 4) is 0 Å². The Labute approximate surface area is 200 Å². The predicted molar refractivity (Wildman–Crippen MR) is 146 cm³/mol. The van der Waals surface area contributed by atoms with Gasteiger partial charge < -0.3 is 4.90 Å². The summed E-state index contributed by atoms with van der Waals surface area (Å²) in [4.78, 5) is 5.25. The Morgan fingerprint density at radius 2 is 1.21 bits per heavy atom. The Morgan fingerprint density at radius 1 is 0.576 bits per heavy atom. The number of hydrogen-bond donors (Lipinski definition) is 0. The van der Waals surface area contributed by atoms with Crippen LogP contribution >= 0.6 is 11.8 Å². The van der Waals surface area contributed by atoms with Gasteiger partial charge in [-0.05, 0) is 46.1 Å². The van der Waals surface area contributed by atoms with Gasteiger partial charge >= 0.3 is 0 Å². The number of hydrogen-bond acceptors (Lipinski definition) is 2. The third-order valence-corrected chi connectivity index (χ3v) is 11.8. The van der Waals surface area contributed by atoms with Gasteiger partial charge in [-0.15, -0.1) is 0 Å². The van der Waals surface area contributed by atoms with Crippen LogP contribution in [-0.2, 0) is 0 Å². The van der Waals surface area contributed by atoms with Crippen molar-refractivity contribution in [2.24, 2.45) is 0 Å². The topological polar surface area (TPSA) is 3.24 Å². The summed E-state index contributed by atoms with van der Waals surface area (Å²) in [5, 5.41) is 5.58. The van der Waals surface area contributed by atoms with Crippen LogP contribution in [0.4, 0.5) is 17.1 Å². The Kier molecular flexibility index (Phi) is 4.90. The van der Waals surface area contributed by atoms with Crippen LogP contribution in [0, 0.1) is 0 Å². The first-order chi connectivity index (χ1) is 16.1. The molecule has 0 saturated heterocycles. The summed E-state index contributed by atoms with van der Waals surface area (Å²) in [6, 6.07) is 42.0. The van der Waals surface area contributed by atoms with E-state index in [4.69, 9.17) is 0 Å². The van der Waals surface area contributed by atoms with Crippen molar-refractivity contribution in [3.05, 3.63) is 115 Å². The molecule has 0 unspecified atom stereocenters. The highest BCUT2D eigenvalue weighted by atomic mass is 32.2. The number of benzene rings is 5. The molecule has 0 radical (unpaired) electrons. The lowest BCUT2D eigenvalue weighted by Gasteiger charge is -2.36. The molecule has 0 aliphatic carbocycles. The molecular weight excluding hydrogens is 434 g/mol. The Hall–Kier alpha value is -3.27. The summed E-state index contributed by atoms with van der Waals surface area (Å²) in [7, 11) is -1.81. The second kappa shape index (κ2) is 7.94. The zero-order valence-corrected chi connectivity index (χ0v) is 20.6. The van der Waals surface area contributed by atoms with E-state index in [2.05, 4.69) is 133 Å². The molecule has 0 atom stereocenters. The van der Waals surface area contributed by atoms with Gasteiger partial charge in [-0.2, -0.15) is 0 Å². The minimum absolute atomic E-state index is 1.18. The van der Waals surface area contributed by atoms with E-state index in [1.807, 2.05) is 11.8 Å². The first-order valence-corrected chi connectivity index (χ1v) is 15.2. The number of nitrogens with zero attached hydrogens (tertiary/aromatic N) is 1. The molecule has 160 valence electrons. The van der Waals surface area contributed by atoms with Crippen LogP contribution < -0.4 is 15.3 Å². The number of para-hydroxylation sites is 1. The average Bonchev–Trinajstić information content (AvgIpc) is 2.86. The lowest BCUT2D eigenvalue weighted by molar-refractivity contribution is 1.24. The minimum atomic E-state index is -1.81. The number of rotatable bonds is 3. The van der Waals surface area contributed by atoms with Gasteiger partial charge in [0.15, 0.2) is 0 Å². The molecule has 0 saturated carbocycles. The molecule has 0 spiro atoms. The van der Waals surface area contributed by atoms with Gasteiger partial charge in [0, 0.05) is 20.9 Å². The van der Waals surface area contributed by atoms with Gasteiger partial charge in [-0.1, -0.05) is 110 Å². The Balaban J connectivity index is 1.64. The summed E-state index contributed by atoms with van der Waals surface area (Å²) in [6.07, 6.45) is 0. The van der Waals surface area contributed by atoms with Crippen molar-refractivity contribution in [1.29, 1.82) is 0 Å². The zero-order valence-electron chi connectivity index (χ0n) is 18.8. The fourth-order valence-corrected chi connectivity index (χ4v) is 10.6. The maximum atomic E-state index is 2.49. The lowest BCUT2D eigenvalue weighted by Crippen LogP contribution is -2.56. The van der Waals surface area contributed by atoms with Gasteiger partial charge in [0.25, 0.3) is 0 Å². The second-order valence-corrected chi connectivity index (χ2v) is 14.4. The zero-order chi connectivity index (χ0) is 22.4. The summed E-state index contributed by atoms with van der Waals surface area (Å²) < 4.78 is 0. The fraction of sp³-hybridized carbons (Fsp3) is 0.0667. The molecule has 5 aromatic carbocycles. The molecule has 0 N–H and O–H groups in total. The summed E-state index contributed by atoms with van der Waals surface area (Å²) in [5.41, 5.74) is 3.66. The van der Waals surface area contributed by atoms with Crippen LogP contribution in [-0.4, -0.2) is 8.07 Å². The van der Waals surface area contributed by atoms with Crippen LogP contribution in [0.15, 0.2) is 125 Å². The normalized spacial score (nSPS) is 13.9. The van der Waals surface area contributed by atoms with Gasteiger partial charge in [0.2, 0.25) is 0 Å². The van der Waals surface area contributed by atoms with Crippen molar-refractivity contribution in [3.63, 3.8) is 0 Å². The van der Waals surface area contributed by atoms with E-state index in [9.17, 15) is 0 Å². The highest BCUT2D eigenvalue weighted by molar-refractivity contribution is 8.00. The average molecular weight is 460 g/mol.